The summed E-state index contributed by atoms with van der Waals surface area (Å²) < 4.78 is 59.5. The largest absolute Gasteiger partial charge is 0.465 e. The van der Waals surface area contributed by atoms with Crippen LogP contribution >= 0.6 is 0 Å². The Hall–Kier alpha value is -3.11. The summed E-state index contributed by atoms with van der Waals surface area (Å²) in [6.07, 6.45) is 4.88. The fourth-order valence-corrected chi connectivity index (χ4v) is 5.14. The first-order chi connectivity index (χ1) is 14.6. The van der Waals surface area contributed by atoms with Crippen LogP contribution in [0.15, 0.2) is 70.7 Å². The predicted octanol–water partition coefficient (Wildman–Crippen LogP) is 3.03. The number of nitrogens with one attached hydrogen (secondary N) is 1. The molecule has 0 atom stereocenters. The third-order valence-electron chi connectivity index (χ3n) is 4.68. The molecule has 0 saturated heterocycles. The van der Waals surface area contributed by atoms with Gasteiger partial charge >= 0.3 is 5.97 Å². The highest BCUT2D eigenvalue weighted by molar-refractivity contribution is 7.92. The summed E-state index contributed by atoms with van der Waals surface area (Å²) in [5.41, 5.74) is 1.13. The second-order valence-electron chi connectivity index (χ2n) is 6.81. The molecule has 0 fully saturated rings. The molecule has 0 unspecified atom stereocenters. The van der Waals surface area contributed by atoms with Crippen LogP contribution in [0.1, 0.15) is 22.8 Å². The number of carbonyl (C=O) groups is 1. The van der Waals surface area contributed by atoms with E-state index in [0.29, 0.717) is 17.7 Å². The third kappa shape index (κ3) is 4.80. The van der Waals surface area contributed by atoms with Crippen LogP contribution in [0.4, 0.5) is 5.69 Å². The lowest BCUT2D eigenvalue weighted by atomic mass is 10.1. The second kappa shape index (κ2) is 8.56. The SMILES string of the molecule is CCc1ccc(C(=O)OC)cc1S(=O)(=O)Nc1cc(S(C)(=O)=O)ccc1-n1cccc1. The number of methoxy groups -OCH3 is 1. The molecule has 3 rings (SSSR count). The van der Waals surface area contributed by atoms with Gasteiger partial charge in [-0.3, -0.25) is 4.72 Å². The van der Waals surface area contributed by atoms with Gasteiger partial charge in [-0.25, -0.2) is 21.6 Å². The van der Waals surface area contributed by atoms with Crippen molar-refractivity contribution in [2.45, 2.75) is 23.1 Å². The second-order valence-corrected chi connectivity index (χ2v) is 10.5. The van der Waals surface area contributed by atoms with E-state index in [1.54, 1.807) is 42.1 Å². The van der Waals surface area contributed by atoms with Crippen molar-refractivity contribution in [3.63, 3.8) is 0 Å². The Balaban J connectivity index is 2.16. The van der Waals surface area contributed by atoms with Crippen molar-refractivity contribution in [1.82, 2.24) is 4.57 Å². The molecule has 0 radical (unpaired) electrons. The van der Waals surface area contributed by atoms with Crippen LogP contribution in [-0.4, -0.2) is 40.7 Å². The minimum atomic E-state index is -4.16. The van der Waals surface area contributed by atoms with Crippen LogP contribution in [0.5, 0.6) is 0 Å². The van der Waals surface area contributed by atoms with E-state index in [2.05, 4.69) is 4.72 Å². The molecule has 0 bridgehead atoms. The topological polar surface area (TPSA) is 112 Å². The van der Waals surface area contributed by atoms with Gasteiger partial charge in [0.25, 0.3) is 10.0 Å². The van der Waals surface area contributed by atoms with E-state index in [1.165, 1.54) is 37.4 Å². The zero-order chi connectivity index (χ0) is 22.8. The molecule has 0 aliphatic heterocycles. The van der Waals surface area contributed by atoms with Gasteiger partial charge in [-0.1, -0.05) is 13.0 Å². The van der Waals surface area contributed by atoms with Crippen molar-refractivity contribution in [1.29, 1.82) is 0 Å². The number of esters is 1. The Morgan fingerprint density at radius 1 is 1.03 bits per heavy atom. The lowest BCUT2D eigenvalue weighted by Crippen LogP contribution is -2.18. The number of anilines is 1. The molecule has 0 amide bonds. The van der Waals surface area contributed by atoms with E-state index in [0.717, 1.165) is 6.26 Å². The average molecular weight is 463 g/mol. The minimum absolute atomic E-state index is 0.0277. The van der Waals surface area contributed by atoms with E-state index in [1.807, 2.05) is 0 Å². The number of aromatic nitrogens is 1. The van der Waals surface area contributed by atoms with Gasteiger partial charge in [-0.2, -0.15) is 0 Å². The van der Waals surface area contributed by atoms with Crippen LogP contribution in [0.25, 0.3) is 5.69 Å². The average Bonchev–Trinajstić information content (AvgIpc) is 3.26. The molecule has 2 aromatic carbocycles. The van der Waals surface area contributed by atoms with Crippen molar-refractivity contribution >= 4 is 31.5 Å². The summed E-state index contributed by atoms with van der Waals surface area (Å²) in [4.78, 5) is 11.8. The summed E-state index contributed by atoms with van der Waals surface area (Å²) >= 11 is 0. The lowest BCUT2D eigenvalue weighted by Gasteiger charge is -2.17. The van der Waals surface area contributed by atoms with Crippen molar-refractivity contribution in [3.8, 4) is 5.69 Å². The monoisotopic (exact) mass is 462 g/mol. The summed E-state index contributed by atoms with van der Waals surface area (Å²) in [5, 5.41) is 0. The van der Waals surface area contributed by atoms with E-state index >= 15 is 0 Å². The fraction of sp³-hybridized carbons (Fsp3) is 0.190. The van der Waals surface area contributed by atoms with E-state index in [9.17, 15) is 21.6 Å². The number of rotatable bonds is 7. The Morgan fingerprint density at radius 2 is 1.71 bits per heavy atom. The number of carbonyl (C=O) groups excluding carboxylic acids is 1. The molecule has 31 heavy (non-hydrogen) atoms. The molecule has 0 aliphatic rings. The molecule has 10 heteroatoms. The number of benzene rings is 2. The van der Waals surface area contributed by atoms with Gasteiger partial charge < -0.3 is 9.30 Å². The molecular formula is C21H22N2O6S2. The number of sulfonamides is 1. The van der Waals surface area contributed by atoms with Crippen LogP contribution in [0.2, 0.25) is 0 Å². The maximum atomic E-state index is 13.3. The first-order valence-corrected chi connectivity index (χ1v) is 12.7. The highest BCUT2D eigenvalue weighted by Gasteiger charge is 2.23. The molecule has 0 spiro atoms. The summed E-state index contributed by atoms with van der Waals surface area (Å²) in [7, 11) is -6.52. The van der Waals surface area contributed by atoms with Crippen LogP contribution in [0, 0.1) is 0 Å². The number of hydrogen-bond donors (Lipinski definition) is 1. The van der Waals surface area contributed by atoms with Gasteiger partial charge in [0.1, 0.15) is 0 Å². The van der Waals surface area contributed by atoms with E-state index in [4.69, 9.17) is 4.74 Å². The van der Waals surface area contributed by atoms with Crippen LogP contribution in [-0.2, 0) is 31.0 Å². The predicted molar refractivity (Wildman–Crippen MR) is 117 cm³/mol. The molecule has 0 saturated carbocycles. The third-order valence-corrected chi connectivity index (χ3v) is 7.24. The zero-order valence-corrected chi connectivity index (χ0v) is 18.8. The van der Waals surface area contributed by atoms with E-state index in [-0.39, 0.29) is 21.0 Å². The molecule has 1 aromatic heterocycles. The fourth-order valence-electron chi connectivity index (χ4n) is 3.09. The molecular weight excluding hydrogens is 440 g/mol. The Kier molecular flexibility index (Phi) is 6.23. The quantitative estimate of drug-likeness (QED) is 0.540. The minimum Gasteiger partial charge on any atom is -0.465 e. The number of ether oxygens (including phenoxy) is 1. The van der Waals surface area contributed by atoms with Crippen molar-refractivity contribution in [2.24, 2.45) is 0 Å². The zero-order valence-electron chi connectivity index (χ0n) is 17.2. The number of nitrogens with zero attached hydrogens (tertiary/aromatic N) is 1. The van der Waals surface area contributed by atoms with Crippen LogP contribution in [0.3, 0.4) is 0 Å². The van der Waals surface area contributed by atoms with E-state index < -0.39 is 25.8 Å². The number of hydrogen-bond acceptors (Lipinski definition) is 6. The Labute approximate surface area is 181 Å². The first kappa shape index (κ1) is 22.6. The summed E-state index contributed by atoms with van der Waals surface area (Å²) in [6, 6.07) is 12.0. The normalized spacial score (nSPS) is 11.8. The molecule has 0 aliphatic carbocycles. The van der Waals surface area contributed by atoms with Gasteiger partial charge in [0.15, 0.2) is 9.84 Å². The van der Waals surface area contributed by atoms with Gasteiger partial charge in [0.2, 0.25) is 0 Å². The molecule has 8 nitrogen and oxygen atoms in total. The van der Waals surface area contributed by atoms with Crippen LogP contribution < -0.4 is 4.72 Å². The van der Waals surface area contributed by atoms with Gasteiger partial charge in [-0.05, 0) is 54.4 Å². The van der Waals surface area contributed by atoms with Gasteiger partial charge in [0.05, 0.1) is 33.8 Å². The maximum Gasteiger partial charge on any atom is 0.337 e. The molecule has 3 aromatic rings. The maximum absolute atomic E-state index is 13.3. The molecule has 164 valence electrons. The summed E-state index contributed by atoms with van der Waals surface area (Å²) in [5.74, 6) is -0.661. The highest BCUT2D eigenvalue weighted by Crippen LogP contribution is 2.29. The number of sulfone groups is 1. The first-order valence-electron chi connectivity index (χ1n) is 9.28. The standard InChI is InChI=1S/C21H22N2O6S2/c1-4-15-7-8-16(21(24)29-2)13-20(15)31(27,28)22-18-14-17(30(3,25)26)9-10-19(18)23-11-5-6-12-23/h5-14,22H,4H2,1-3H3. The smallest absolute Gasteiger partial charge is 0.337 e. The van der Waals surface area contributed by atoms with Gasteiger partial charge in [-0.15, -0.1) is 0 Å². The van der Waals surface area contributed by atoms with Crippen molar-refractivity contribution < 1.29 is 26.4 Å². The van der Waals surface area contributed by atoms with Gasteiger partial charge in [0, 0.05) is 18.6 Å². The summed E-state index contributed by atoms with van der Waals surface area (Å²) in [6.45, 7) is 1.79. The highest BCUT2D eigenvalue weighted by atomic mass is 32.2. The lowest BCUT2D eigenvalue weighted by molar-refractivity contribution is 0.0600. The van der Waals surface area contributed by atoms with Crippen molar-refractivity contribution in [3.05, 3.63) is 72.1 Å². The number of aryl methyl sites for hydroxylation is 1. The Bertz CT molecular complexity index is 1330. The Morgan fingerprint density at radius 3 is 2.29 bits per heavy atom. The van der Waals surface area contributed by atoms with Crippen molar-refractivity contribution in [2.75, 3.05) is 18.1 Å². The molecule has 1 heterocycles. The molecule has 1 N–H and O–H groups in total.